The average molecular weight is 544 g/mol. The van der Waals surface area contributed by atoms with Gasteiger partial charge in [-0.15, -0.1) is 0 Å². The molecule has 3 N–H and O–H groups in total. The molecule has 2 heterocycles. The van der Waals surface area contributed by atoms with Crippen LogP contribution in [0.15, 0.2) is 71.8 Å². The molecule has 0 fully saturated rings. The summed E-state index contributed by atoms with van der Waals surface area (Å²) in [6.45, 7) is 1.92. The van der Waals surface area contributed by atoms with E-state index in [1.165, 1.54) is 50.5 Å². The van der Waals surface area contributed by atoms with Gasteiger partial charge in [0.05, 0.1) is 17.3 Å². The van der Waals surface area contributed by atoms with Crippen molar-refractivity contribution < 1.29 is 32.3 Å². The molecular weight excluding hydrogens is 519 g/mol. The number of carbonyl (C=O) groups excluding carboxylic acids is 4. The number of rotatable bonds is 8. The molecule has 1 unspecified atom stereocenters. The third-order valence-electron chi connectivity index (χ3n) is 5.49. The van der Waals surface area contributed by atoms with Gasteiger partial charge >= 0.3 is 12.2 Å². The molecule has 0 aliphatic heterocycles. The molecule has 13 heteroatoms. The van der Waals surface area contributed by atoms with Crippen LogP contribution in [0, 0.1) is 5.92 Å². The highest BCUT2D eigenvalue weighted by Crippen LogP contribution is 2.22. The Balaban J connectivity index is 1.90. The lowest BCUT2D eigenvalue weighted by atomic mass is 9.99. The third kappa shape index (κ3) is 7.37. The van der Waals surface area contributed by atoms with Crippen LogP contribution in [0.4, 0.5) is 23.7 Å². The number of aromatic nitrogens is 2. The minimum absolute atomic E-state index is 0.0919. The van der Waals surface area contributed by atoms with Crippen LogP contribution in [0.5, 0.6) is 0 Å². The van der Waals surface area contributed by atoms with Gasteiger partial charge in [0.1, 0.15) is 12.2 Å². The Morgan fingerprint density at radius 3 is 2.26 bits per heavy atom. The third-order valence-corrected chi connectivity index (χ3v) is 5.49. The first kappa shape index (κ1) is 28.8. The van der Waals surface area contributed by atoms with Crippen LogP contribution >= 0.6 is 0 Å². The van der Waals surface area contributed by atoms with E-state index in [0.717, 1.165) is 4.57 Å². The number of hydrogen-bond donors (Lipinski definition) is 3. The van der Waals surface area contributed by atoms with Crippen LogP contribution in [0.2, 0.25) is 0 Å². The molecule has 39 heavy (non-hydrogen) atoms. The second-order valence-corrected chi connectivity index (χ2v) is 8.69. The number of carbonyl (C=O) groups is 4. The van der Waals surface area contributed by atoms with E-state index in [-0.39, 0.29) is 16.9 Å². The number of pyridine rings is 2. The maximum absolute atomic E-state index is 13.3. The Hall–Kier alpha value is -4.81. The normalized spacial score (nSPS) is 11.9. The van der Waals surface area contributed by atoms with Gasteiger partial charge in [0.2, 0.25) is 5.91 Å². The topological polar surface area (TPSA) is 139 Å². The summed E-state index contributed by atoms with van der Waals surface area (Å²) in [5.41, 5.74) is -0.382. The Kier molecular flexibility index (Phi) is 8.96. The number of benzene rings is 1. The highest BCUT2D eigenvalue weighted by atomic mass is 19.4. The zero-order valence-corrected chi connectivity index (χ0v) is 20.8. The van der Waals surface area contributed by atoms with Crippen molar-refractivity contribution in [2.75, 3.05) is 5.32 Å². The van der Waals surface area contributed by atoms with Crippen LogP contribution < -0.4 is 21.5 Å². The Morgan fingerprint density at radius 1 is 0.974 bits per heavy atom. The Morgan fingerprint density at radius 2 is 1.67 bits per heavy atom. The summed E-state index contributed by atoms with van der Waals surface area (Å²) in [5, 5.41) is 6.35. The maximum Gasteiger partial charge on any atom is 0.452 e. The number of imide groups is 1. The first-order valence-corrected chi connectivity index (χ1v) is 11.6. The zero-order chi connectivity index (χ0) is 28.7. The Labute approximate surface area is 220 Å². The molecule has 0 spiro atoms. The lowest BCUT2D eigenvalue weighted by Crippen LogP contribution is -2.51. The van der Waals surface area contributed by atoms with Gasteiger partial charge in [-0.2, -0.15) is 13.2 Å². The Bertz CT molecular complexity index is 1420. The van der Waals surface area contributed by atoms with E-state index < -0.39 is 53.9 Å². The number of ketones is 1. The van der Waals surface area contributed by atoms with E-state index in [0.29, 0.717) is 5.56 Å². The summed E-state index contributed by atoms with van der Waals surface area (Å²) in [6.07, 6.45) is -2.50. The number of nitrogens with one attached hydrogen (secondary N) is 3. The smallest absolute Gasteiger partial charge is 0.344 e. The molecule has 0 aliphatic rings. The highest BCUT2D eigenvalue weighted by molar-refractivity contribution is 6.07. The predicted octanol–water partition coefficient (Wildman–Crippen LogP) is 3.14. The van der Waals surface area contributed by atoms with Crippen LogP contribution in [-0.2, 0) is 16.1 Å². The lowest BCUT2D eigenvalue weighted by Gasteiger charge is -2.23. The summed E-state index contributed by atoms with van der Waals surface area (Å²) in [6, 6.07) is 11.0. The molecule has 2 aromatic heterocycles. The van der Waals surface area contributed by atoms with Crippen molar-refractivity contribution in [2.45, 2.75) is 32.6 Å². The van der Waals surface area contributed by atoms with Crippen LogP contribution in [0.25, 0.3) is 11.3 Å². The summed E-state index contributed by atoms with van der Waals surface area (Å²) < 4.78 is 40.0. The van der Waals surface area contributed by atoms with Gasteiger partial charge in [-0.3, -0.25) is 34.0 Å². The number of hydrogen-bond acceptors (Lipinski definition) is 6. The van der Waals surface area contributed by atoms with Crippen molar-refractivity contribution in [3.63, 3.8) is 0 Å². The summed E-state index contributed by atoms with van der Waals surface area (Å²) in [4.78, 5) is 66.3. The molecule has 10 nitrogen and oxygen atoms in total. The van der Waals surface area contributed by atoms with E-state index in [2.05, 4.69) is 15.6 Å². The second-order valence-electron chi connectivity index (χ2n) is 8.69. The highest BCUT2D eigenvalue weighted by Gasteiger charge is 2.45. The molecular formula is C26H24F3N5O5. The average Bonchev–Trinajstić information content (AvgIpc) is 2.89. The van der Waals surface area contributed by atoms with Crippen molar-refractivity contribution in [1.82, 2.24) is 20.2 Å². The van der Waals surface area contributed by atoms with Crippen molar-refractivity contribution in [2.24, 2.45) is 5.92 Å². The molecule has 204 valence electrons. The standard InChI is InChI=1S/C26H24F3N5O5/c1-15(2)21(22(36)26(27,28)29)32-20(35)14-34-19(16-7-4-3-5-8-16)11-10-18(24(34)38)31-25(39)33-23(37)17-9-6-12-30-13-17/h3-13,15,21H,14H2,1-2H3,(H,32,35)(H2,31,33,37,39). The van der Waals surface area contributed by atoms with E-state index in [9.17, 15) is 37.1 Å². The predicted molar refractivity (Wildman–Crippen MR) is 135 cm³/mol. The lowest BCUT2D eigenvalue weighted by molar-refractivity contribution is -0.174. The zero-order valence-electron chi connectivity index (χ0n) is 20.8. The number of halogens is 3. The first-order valence-electron chi connectivity index (χ1n) is 11.6. The van der Waals surface area contributed by atoms with Crippen molar-refractivity contribution in [1.29, 1.82) is 0 Å². The molecule has 0 saturated heterocycles. The monoisotopic (exact) mass is 543 g/mol. The quantitative estimate of drug-likeness (QED) is 0.399. The number of anilines is 1. The minimum atomic E-state index is -5.17. The molecule has 1 aromatic carbocycles. The number of Topliss-reactive ketones (excluding diaryl/α,β-unsaturated/α-hetero) is 1. The van der Waals surface area contributed by atoms with Crippen LogP contribution in [-0.4, -0.2) is 45.4 Å². The van der Waals surface area contributed by atoms with Gasteiger partial charge in [-0.1, -0.05) is 44.2 Å². The van der Waals surface area contributed by atoms with Crippen LogP contribution in [0.3, 0.4) is 0 Å². The largest absolute Gasteiger partial charge is 0.452 e. The summed E-state index contributed by atoms with van der Waals surface area (Å²) in [7, 11) is 0. The van der Waals surface area contributed by atoms with Crippen molar-refractivity contribution in [3.8, 4) is 11.3 Å². The fraction of sp³-hybridized carbons (Fsp3) is 0.231. The molecule has 1 atom stereocenters. The van der Waals surface area contributed by atoms with Gasteiger partial charge in [0, 0.05) is 12.4 Å². The van der Waals surface area contributed by atoms with Gasteiger partial charge < -0.3 is 10.6 Å². The molecule has 3 rings (SSSR count). The molecule has 0 aliphatic carbocycles. The number of alkyl halides is 3. The van der Waals surface area contributed by atoms with E-state index in [4.69, 9.17) is 0 Å². The van der Waals surface area contributed by atoms with E-state index >= 15 is 0 Å². The molecule has 0 saturated carbocycles. The number of urea groups is 1. The second kappa shape index (κ2) is 12.2. The molecule has 3 aromatic rings. The molecule has 0 bridgehead atoms. The maximum atomic E-state index is 13.3. The van der Waals surface area contributed by atoms with Gasteiger partial charge in [0.25, 0.3) is 17.2 Å². The van der Waals surface area contributed by atoms with Gasteiger partial charge in [-0.05, 0) is 35.7 Å². The minimum Gasteiger partial charge on any atom is -0.344 e. The first-order chi connectivity index (χ1) is 18.4. The molecule has 4 amide bonds. The fourth-order valence-electron chi connectivity index (χ4n) is 3.59. The van der Waals surface area contributed by atoms with Gasteiger partial charge in [0.15, 0.2) is 0 Å². The van der Waals surface area contributed by atoms with Crippen molar-refractivity contribution >= 4 is 29.3 Å². The fourth-order valence-corrected chi connectivity index (χ4v) is 3.59. The van der Waals surface area contributed by atoms with E-state index in [1.807, 2.05) is 5.32 Å². The van der Waals surface area contributed by atoms with Crippen molar-refractivity contribution in [3.05, 3.63) is 82.9 Å². The number of amides is 4. The van der Waals surface area contributed by atoms with Gasteiger partial charge in [-0.25, -0.2) is 4.79 Å². The number of nitrogens with zero attached hydrogens (tertiary/aromatic N) is 2. The van der Waals surface area contributed by atoms with Crippen LogP contribution in [0.1, 0.15) is 24.2 Å². The summed E-state index contributed by atoms with van der Waals surface area (Å²) in [5.74, 6) is -4.82. The summed E-state index contributed by atoms with van der Waals surface area (Å²) >= 11 is 0. The molecule has 0 radical (unpaired) electrons. The van der Waals surface area contributed by atoms with E-state index in [1.54, 1.807) is 30.3 Å². The SMILES string of the molecule is CC(C)C(NC(=O)Cn1c(-c2ccccc2)ccc(NC(=O)NC(=O)c2cccnc2)c1=O)C(=O)C(F)(F)F.